The van der Waals surface area contributed by atoms with Gasteiger partial charge in [0.1, 0.15) is 6.04 Å². The van der Waals surface area contributed by atoms with Crippen LogP contribution < -0.4 is 10.6 Å². The molecule has 2 atom stereocenters. The van der Waals surface area contributed by atoms with Crippen molar-refractivity contribution >= 4 is 23.6 Å². The predicted molar refractivity (Wildman–Crippen MR) is 53.9 cm³/mol. The van der Waals surface area contributed by atoms with Crippen molar-refractivity contribution in [3.63, 3.8) is 0 Å². The molecule has 0 aliphatic carbocycles. The highest BCUT2D eigenvalue weighted by atomic mass is 32.2. The van der Waals surface area contributed by atoms with E-state index in [0.29, 0.717) is 0 Å². The summed E-state index contributed by atoms with van der Waals surface area (Å²) in [6.45, 7) is 1.60. The maximum Gasteiger partial charge on any atom is 0.328 e. The fourth-order valence-corrected chi connectivity index (χ4v) is 2.06. The number of esters is 1. The third-order valence-corrected chi connectivity index (χ3v) is 2.89. The van der Waals surface area contributed by atoms with Crippen molar-refractivity contribution in [1.29, 1.82) is 0 Å². The molecule has 1 aliphatic heterocycles. The minimum Gasteiger partial charge on any atom is -0.467 e. The molecule has 1 rings (SSSR count). The minimum absolute atomic E-state index is 0.145. The molecule has 0 aromatic rings. The van der Waals surface area contributed by atoms with Gasteiger partial charge in [0.2, 0.25) is 5.91 Å². The SMILES string of the molecule is COC(=O)[C@H](C)NC(=O)[C@H]1CSCN1. The second-order valence-electron chi connectivity index (χ2n) is 3.03. The first-order chi connectivity index (χ1) is 6.65. The molecule has 0 unspecified atom stereocenters. The van der Waals surface area contributed by atoms with E-state index in [0.717, 1.165) is 11.6 Å². The van der Waals surface area contributed by atoms with Crippen molar-refractivity contribution in [2.45, 2.75) is 19.0 Å². The number of methoxy groups -OCH3 is 1. The first-order valence-corrected chi connectivity index (χ1v) is 5.50. The minimum atomic E-state index is -0.583. The lowest BCUT2D eigenvalue weighted by Crippen LogP contribution is -2.48. The summed E-state index contributed by atoms with van der Waals surface area (Å²) in [5.41, 5.74) is 0. The van der Waals surface area contributed by atoms with Crippen LogP contribution in [0.1, 0.15) is 6.92 Å². The molecule has 1 saturated heterocycles. The Labute approximate surface area is 86.9 Å². The number of ether oxygens (including phenoxy) is 1. The van der Waals surface area contributed by atoms with E-state index in [1.807, 2.05) is 0 Å². The van der Waals surface area contributed by atoms with Crippen molar-refractivity contribution in [3.8, 4) is 0 Å². The summed E-state index contributed by atoms with van der Waals surface area (Å²) in [6, 6.07) is -0.771. The normalized spacial score (nSPS) is 22.9. The van der Waals surface area contributed by atoms with Gasteiger partial charge in [0.15, 0.2) is 0 Å². The van der Waals surface area contributed by atoms with Gasteiger partial charge in [-0.15, -0.1) is 11.8 Å². The van der Waals surface area contributed by atoms with E-state index in [4.69, 9.17) is 0 Å². The highest BCUT2D eigenvalue weighted by Gasteiger charge is 2.25. The molecular formula is C8H14N2O3S. The van der Waals surface area contributed by atoms with Crippen LogP contribution in [0.15, 0.2) is 0 Å². The molecule has 2 N–H and O–H groups in total. The summed E-state index contributed by atoms with van der Waals surface area (Å²) in [5.74, 6) is 0.960. The fourth-order valence-electron chi connectivity index (χ4n) is 1.11. The van der Waals surface area contributed by atoms with Crippen LogP contribution in [0.3, 0.4) is 0 Å². The van der Waals surface area contributed by atoms with E-state index in [1.165, 1.54) is 7.11 Å². The van der Waals surface area contributed by atoms with Gasteiger partial charge in [-0.1, -0.05) is 0 Å². The number of carbonyl (C=O) groups is 2. The lowest BCUT2D eigenvalue weighted by Gasteiger charge is -2.14. The van der Waals surface area contributed by atoms with Gasteiger partial charge in [-0.05, 0) is 6.92 Å². The summed E-state index contributed by atoms with van der Waals surface area (Å²) < 4.78 is 4.50. The number of thioether (sulfide) groups is 1. The van der Waals surface area contributed by atoms with Crippen molar-refractivity contribution in [2.75, 3.05) is 18.7 Å². The highest BCUT2D eigenvalue weighted by molar-refractivity contribution is 7.99. The van der Waals surface area contributed by atoms with Crippen LogP contribution in [-0.4, -0.2) is 42.7 Å². The molecule has 0 spiro atoms. The Morgan fingerprint density at radius 2 is 2.36 bits per heavy atom. The monoisotopic (exact) mass is 218 g/mol. The van der Waals surface area contributed by atoms with Crippen molar-refractivity contribution in [1.82, 2.24) is 10.6 Å². The number of amides is 1. The van der Waals surface area contributed by atoms with Crippen molar-refractivity contribution in [3.05, 3.63) is 0 Å². The van der Waals surface area contributed by atoms with Crippen LogP contribution in [0.4, 0.5) is 0 Å². The molecule has 1 aliphatic rings. The van der Waals surface area contributed by atoms with E-state index in [1.54, 1.807) is 18.7 Å². The predicted octanol–water partition coefficient (Wildman–Crippen LogP) is -0.673. The van der Waals surface area contributed by atoms with Gasteiger partial charge >= 0.3 is 5.97 Å². The second kappa shape index (κ2) is 5.21. The average Bonchev–Trinajstić information content (AvgIpc) is 2.69. The van der Waals surface area contributed by atoms with Crippen molar-refractivity contribution < 1.29 is 14.3 Å². The van der Waals surface area contributed by atoms with Gasteiger partial charge in [-0.25, -0.2) is 4.79 Å². The molecule has 0 radical (unpaired) electrons. The quantitative estimate of drug-likeness (QED) is 0.615. The van der Waals surface area contributed by atoms with Crippen LogP contribution in [0.5, 0.6) is 0 Å². The number of rotatable bonds is 3. The maximum absolute atomic E-state index is 11.5. The van der Waals surface area contributed by atoms with Gasteiger partial charge in [0.05, 0.1) is 13.2 Å². The Balaban J connectivity index is 2.35. The summed E-state index contributed by atoms with van der Waals surface area (Å²) in [4.78, 5) is 22.5. The molecule has 0 aromatic carbocycles. The number of carbonyl (C=O) groups excluding carboxylic acids is 2. The van der Waals surface area contributed by atoms with Crippen molar-refractivity contribution in [2.24, 2.45) is 0 Å². The number of hydrogen-bond donors (Lipinski definition) is 2. The largest absolute Gasteiger partial charge is 0.467 e. The maximum atomic E-state index is 11.5. The summed E-state index contributed by atoms with van der Waals surface area (Å²) in [7, 11) is 1.30. The van der Waals surface area contributed by atoms with Gasteiger partial charge in [0.25, 0.3) is 0 Å². The van der Waals surface area contributed by atoms with Gasteiger partial charge in [0, 0.05) is 11.6 Å². The number of hydrogen-bond acceptors (Lipinski definition) is 5. The molecule has 5 nitrogen and oxygen atoms in total. The van der Waals surface area contributed by atoms with Crippen LogP contribution in [0.25, 0.3) is 0 Å². The van der Waals surface area contributed by atoms with Gasteiger partial charge in [-0.3, -0.25) is 10.1 Å². The number of nitrogens with one attached hydrogen (secondary N) is 2. The Morgan fingerprint density at radius 1 is 1.64 bits per heavy atom. The Hall–Kier alpha value is -0.750. The van der Waals surface area contributed by atoms with Crippen LogP contribution >= 0.6 is 11.8 Å². The standard InChI is InChI=1S/C8H14N2O3S/c1-5(8(12)13-2)10-7(11)6-3-14-4-9-6/h5-6,9H,3-4H2,1-2H3,(H,10,11)/t5-,6+/m0/s1. The van der Waals surface area contributed by atoms with E-state index in [2.05, 4.69) is 15.4 Å². The molecule has 0 bridgehead atoms. The summed E-state index contributed by atoms with van der Waals surface area (Å²) in [5, 5.41) is 5.60. The Kier molecular flexibility index (Phi) is 4.21. The molecule has 1 amide bonds. The smallest absolute Gasteiger partial charge is 0.328 e. The average molecular weight is 218 g/mol. The molecule has 1 heterocycles. The topological polar surface area (TPSA) is 67.4 Å². The molecule has 80 valence electrons. The van der Waals surface area contributed by atoms with E-state index >= 15 is 0 Å². The summed E-state index contributed by atoms with van der Waals surface area (Å²) >= 11 is 1.66. The first-order valence-electron chi connectivity index (χ1n) is 4.34. The zero-order chi connectivity index (χ0) is 10.6. The van der Waals surface area contributed by atoms with E-state index < -0.39 is 12.0 Å². The van der Waals surface area contributed by atoms with Crippen LogP contribution in [0.2, 0.25) is 0 Å². The molecule has 1 fully saturated rings. The van der Waals surface area contributed by atoms with E-state index in [9.17, 15) is 9.59 Å². The molecule has 14 heavy (non-hydrogen) atoms. The third kappa shape index (κ3) is 2.88. The van der Waals surface area contributed by atoms with Crippen LogP contribution in [0, 0.1) is 0 Å². The van der Waals surface area contributed by atoms with Crippen LogP contribution in [-0.2, 0) is 14.3 Å². The molecular weight excluding hydrogens is 204 g/mol. The second-order valence-corrected chi connectivity index (χ2v) is 4.06. The molecule has 0 saturated carbocycles. The summed E-state index contributed by atoms with van der Waals surface area (Å²) in [6.07, 6.45) is 0. The third-order valence-electron chi connectivity index (χ3n) is 1.95. The lowest BCUT2D eigenvalue weighted by molar-refractivity contribution is -0.144. The van der Waals surface area contributed by atoms with E-state index in [-0.39, 0.29) is 11.9 Å². The van der Waals surface area contributed by atoms with Gasteiger partial charge < -0.3 is 10.1 Å². The highest BCUT2D eigenvalue weighted by Crippen LogP contribution is 2.09. The molecule has 0 aromatic heterocycles. The zero-order valence-corrected chi connectivity index (χ0v) is 9.02. The fraction of sp³-hybridized carbons (Fsp3) is 0.750. The van der Waals surface area contributed by atoms with Gasteiger partial charge in [-0.2, -0.15) is 0 Å². The zero-order valence-electron chi connectivity index (χ0n) is 8.20. The first kappa shape index (κ1) is 11.3. The molecule has 6 heteroatoms. The Morgan fingerprint density at radius 3 is 2.86 bits per heavy atom. The lowest BCUT2D eigenvalue weighted by atomic mass is 10.2. The Bertz CT molecular complexity index is 229.